The number of nitrogens with zero attached hydrogens (tertiary/aromatic N) is 2. The minimum atomic E-state index is -0.590. The van der Waals surface area contributed by atoms with Crippen molar-refractivity contribution in [1.82, 2.24) is 4.98 Å². The van der Waals surface area contributed by atoms with Gasteiger partial charge in [0.2, 0.25) is 0 Å². The molecule has 4 rings (SSSR count). The van der Waals surface area contributed by atoms with E-state index in [4.69, 9.17) is 5.73 Å². The van der Waals surface area contributed by atoms with E-state index >= 15 is 0 Å². The minimum absolute atomic E-state index is 0.157. The van der Waals surface area contributed by atoms with Crippen molar-refractivity contribution in [2.45, 2.75) is 38.1 Å². The number of hydrogen-bond acceptors (Lipinski definition) is 5. The highest BCUT2D eigenvalue weighted by atomic mass is 16.1. The maximum atomic E-state index is 12.6. The number of allylic oxidation sites excluding steroid dienone is 2. The Morgan fingerprint density at radius 3 is 2.89 bits per heavy atom. The number of primary amides is 1. The van der Waals surface area contributed by atoms with Crippen molar-refractivity contribution in [2.24, 2.45) is 10.7 Å². The summed E-state index contributed by atoms with van der Waals surface area (Å²) >= 11 is 0. The van der Waals surface area contributed by atoms with Crippen LogP contribution in [0.25, 0.3) is 0 Å². The summed E-state index contributed by atoms with van der Waals surface area (Å²) in [5.74, 6) is -0.343. The Hall–Kier alpha value is -3.28. The Morgan fingerprint density at radius 1 is 1.29 bits per heavy atom. The lowest BCUT2D eigenvalue weighted by molar-refractivity contribution is -0.116. The molecule has 3 N–H and O–H groups in total. The van der Waals surface area contributed by atoms with E-state index in [-0.39, 0.29) is 5.78 Å². The molecular formula is C22H22N4O2. The van der Waals surface area contributed by atoms with Crippen LogP contribution < -0.4 is 11.1 Å². The molecule has 142 valence electrons. The third-order valence-corrected chi connectivity index (χ3v) is 5.47. The standard InChI is InChI=1S/C22H22N4O2/c1-22(13-26-17-5-2-6-19(27)20(17)22)15-7-8-16(21(23)28)18(10-15)25-12-14-4-3-9-24-11-14/h3-4,7-11,13,25H,2,5-6,12H2,1H3,(H2,23,28). The van der Waals surface area contributed by atoms with Crippen molar-refractivity contribution in [2.75, 3.05) is 5.32 Å². The van der Waals surface area contributed by atoms with Crippen molar-refractivity contribution in [3.8, 4) is 0 Å². The molecule has 2 aliphatic rings. The zero-order valence-electron chi connectivity index (χ0n) is 15.7. The van der Waals surface area contributed by atoms with E-state index < -0.39 is 11.3 Å². The molecule has 1 amide bonds. The lowest BCUT2D eigenvalue weighted by Crippen LogP contribution is -2.30. The van der Waals surface area contributed by atoms with Gasteiger partial charge < -0.3 is 11.1 Å². The molecule has 2 aromatic rings. The molecule has 2 heterocycles. The summed E-state index contributed by atoms with van der Waals surface area (Å²) in [7, 11) is 0. The van der Waals surface area contributed by atoms with Gasteiger partial charge in [0.15, 0.2) is 5.78 Å². The minimum Gasteiger partial charge on any atom is -0.380 e. The van der Waals surface area contributed by atoms with Gasteiger partial charge in [0.25, 0.3) is 5.91 Å². The van der Waals surface area contributed by atoms with Gasteiger partial charge >= 0.3 is 0 Å². The summed E-state index contributed by atoms with van der Waals surface area (Å²) in [5, 5.41) is 3.29. The SMILES string of the molecule is CC1(c2ccc(C(N)=O)c(NCc3cccnc3)c2)C=NC2=C1C(=O)CCC2. The first-order valence-corrected chi connectivity index (χ1v) is 9.38. The van der Waals surface area contributed by atoms with Gasteiger partial charge in [-0.2, -0.15) is 0 Å². The third kappa shape index (κ3) is 3.11. The number of Topliss-reactive ketones (excluding diaryl/α,β-unsaturated/α-hetero) is 1. The first-order valence-electron chi connectivity index (χ1n) is 9.38. The molecule has 0 fully saturated rings. The Balaban J connectivity index is 1.71. The van der Waals surface area contributed by atoms with E-state index in [0.717, 1.165) is 35.2 Å². The molecule has 1 atom stereocenters. The predicted molar refractivity (Wildman–Crippen MR) is 108 cm³/mol. The van der Waals surface area contributed by atoms with Gasteiger partial charge in [-0.3, -0.25) is 19.6 Å². The number of benzene rings is 1. The molecule has 6 nitrogen and oxygen atoms in total. The van der Waals surface area contributed by atoms with Crippen molar-refractivity contribution < 1.29 is 9.59 Å². The monoisotopic (exact) mass is 374 g/mol. The zero-order chi connectivity index (χ0) is 19.7. The van der Waals surface area contributed by atoms with E-state index in [1.807, 2.05) is 37.4 Å². The molecule has 28 heavy (non-hydrogen) atoms. The van der Waals surface area contributed by atoms with E-state index in [1.54, 1.807) is 18.5 Å². The highest BCUT2D eigenvalue weighted by Gasteiger charge is 2.41. The number of carbonyl (C=O) groups excluding carboxylic acids is 2. The van der Waals surface area contributed by atoms with E-state index in [2.05, 4.69) is 15.3 Å². The summed E-state index contributed by atoms with van der Waals surface area (Å²) in [4.78, 5) is 33.1. The van der Waals surface area contributed by atoms with Crippen molar-refractivity contribution >= 4 is 23.6 Å². The van der Waals surface area contributed by atoms with Gasteiger partial charge in [0.1, 0.15) is 0 Å². The van der Waals surface area contributed by atoms with Crippen molar-refractivity contribution in [1.29, 1.82) is 0 Å². The van der Waals surface area contributed by atoms with Gasteiger partial charge in [-0.05, 0) is 49.1 Å². The van der Waals surface area contributed by atoms with Crippen LogP contribution in [0.5, 0.6) is 0 Å². The third-order valence-electron chi connectivity index (χ3n) is 5.47. The molecule has 1 aromatic carbocycles. The second-order valence-electron chi connectivity index (χ2n) is 7.40. The molecule has 1 aromatic heterocycles. The number of pyridine rings is 1. The molecule has 1 aliphatic heterocycles. The summed E-state index contributed by atoms with van der Waals surface area (Å²) in [6.45, 7) is 2.52. The van der Waals surface area contributed by atoms with E-state index in [9.17, 15) is 9.59 Å². The van der Waals surface area contributed by atoms with Gasteiger partial charge in [-0.25, -0.2) is 0 Å². The fourth-order valence-corrected chi connectivity index (χ4v) is 3.96. The maximum Gasteiger partial charge on any atom is 0.250 e. The molecule has 0 radical (unpaired) electrons. The van der Waals surface area contributed by atoms with Crippen LogP contribution in [0.3, 0.4) is 0 Å². The quantitative estimate of drug-likeness (QED) is 0.840. The van der Waals surface area contributed by atoms with Crippen LogP contribution in [0.1, 0.15) is 47.7 Å². The molecular weight excluding hydrogens is 352 g/mol. The summed E-state index contributed by atoms with van der Waals surface area (Å²) in [6.07, 6.45) is 7.58. The fourth-order valence-electron chi connectivity index (χ4n) is 3.96. The van der Waals surface area contributed by atoms with E-state index in [0.29, 0.717) is 24.2 Å². The molecule has 1 aliphatic carbocycles. The lowest BCUT2D eigenvalue weighted by Gasteiger charge is -2.28. The molecule has 0 bridgehead atoms. The number of nitrogens with two attached hydrogens (primary N) is 1. The first kappa shape index (κ1) is 18.1. The lowest BCUT2D eigenvalue weighted by atomic mass is 9.73. The average molecular weight is 374 g/mol. The normalized spacial score (nSPS) is 21.0. The Labute approximate surface area is 163 Å². The van der Waals surface area contributed by atoms with Crippen molar-refractivity contribution in [3.05, 3.63) is 70.7 Å². The Bertz CT molecular complexity index is 1010. The Morgan fingerprint density at radius 2 is 2.14 bits per heavy atom. The van der Waals surface area contributed by atoms with Gasteiger partial charge in [0, 0.05) is 48.5 Å². The van der Waals surface area contributed by atoms with Gasteiger partial charge in [-0.15, -0.1) is 0 Å². The summed E-state index contributed by atoms with van der Waals surface area (Å²) in [5.41, 5.74) is 9.60. The number of anilines is 1. The maximum absolute atomic E-state index is 12.6. The second-order valence-corrected chi connectivity index (χ2v) is 7.40. The number of ketones is 1. The highest BCUT2D eigenvalue weighted by molar-refractivity contribution is 6.07. The molecule has 6 heteroatoms. The topological polar surface area (TPSA) is 97.4 Å². The number of rotatable bonds is 5. The number of carbonyl (C=O) groups is 2. The van der Waals surface area contributed by atoms with Crippen LogP contribution in [0.2, 0.25) is 0 Å². The first-order chi connectivity index (χ1) is 13.5. The van der Waals surface area contributed by atoms with Crippen LogP contribution >= 0.6 is 0 Å². The number of aromatic nitrogens is 1. The number of amides is 1. The molecule has 1 unspecified atom stereocenters. The van der Waals surface area contributed by atoms with Crippen LogP contribution in [-0.2, 0) is 16.8 Å². The van der Waals surface area contributed by atoms with Crippen LogP contribution in [0, 0.1) is 0 Å². The largest absolute Gasteiger partial charge is 0.380 e. The van der Waals surface area contributed by atoms with Crippen molar-refractivity contribution in [3.63, 3.8) is 0 Å². The van der Waals surface area contributed by atoms with Gasteiger partial charge in [0.05, 0.1) is 11.0 Å². The smallest absolute Gasteiger partial charge is 0.250 e. The fraction of sp³-hybridized carbons (Fsp3) is 0.273. The van der Waals surface area contributed by atoms with Crippen LogP contribution in [-0.4, -0.2) is 22.9 Å². The second kappa shape index (κ2) is 7.03. The molecule has 0 spiro atoms. The summed E-state index contributed by atoms with van der Waals surface area (Å²) < 4.78 is 0. The van der Waals surface area contributed by atoms with Gasteiger partial charge in [-0.1, -0.05) is 12.1 Å². The highest BCUT2D eigenvalue weighted by Crippen LogP contribution is 2.43. The number of nitrogens with one attached hydrogen (secondary N) is 1. The van der Waals surface area contributed by atoms with Crippen LogP contribution in [0.15, 0.2) is 59.0 Å². The number of aliphatic imine (C=N–C) groups is 1. The zero-order valence-corrected chi connectivity index (χ0v) is 15.7. The van der Waals surface area contributed by atoms with Crippen LogP contribution in [0.4, 0.5) is 5.69 Å². The summed E-state index contributed by atoms with van der Waals surface area (Å²) in [6, 6.07) is 9.30. The Kier molecular flexibility index (Phi) is 4.55. The average Bonchev–Trinajstić information content (AvgIpc) is 3.06. The van der Waals surface area contributed by atoms with E-state index in [1.165, 1.54) is 0 Å². The number of hydrogen-bond donors (Lipinski definition) is 2. The molecule has 0 saturated carbocycles. The molecule has 0 saturated heterocycles. The predicted octanol–water partition coefficient (Wildman–Crippen LogP) is 3.14.